The van der Waals surface area contributed by atoms with Crippen molar-refractivity contribution in [2.75, 3.05) is 39.3 Å². The third kappa shape index (κ3) is 32.4. The molecule has 0 radical (unpaired) electrons. The molecule has 18 heteroatoms. The maximum atomic E-state index is 14.9. The topological polar surface area (TPSA) is 206 Å². The lowest BCUT2D eigenvalue weighted by Gasteiger charge is -2.27. The van der Waals surface area contributed by atoms with Crippen LogP contribution in [0.5, 0.6) is 0 Å². The van der Waals surface area contributed by atoms with Gasteiger partial charge in [0, 0.05) is 32.7 Å². The highest BCUT2D eigenvalue weighted by molar-refractivity contribution is 5.98. The molecule has 0 unspecified atom stereocenters. The van der Waals surface area contributed by atoms with Gasteiger partial charge < -0.3 is 39.8 Å². The van der Waals surface area contributed by atoms with Gasteiger partial charge in [0.05, 0.1) is 6.54 Å². The van der Waals surface area contributed by atoms with Crippen LogP contribution in [-0.2, 0) is 28.5 Å². The fourth-order valence-electron chi connectivity index (χ4n) is 4.65. The van der Waals surface area contributed by atoms with Crippen LogP contribution < -0.4 is 21.3 Å². The van der Waals surface area contributed by atoms with Crippen molar-refractivity contribution in [3.8, 4) is 0 Å². The van der Waals surface area contributed by atoms with Gasteiger partial charge >= 0.3 is 24.4 Å². The van der Waals surface area contributed by atoms with E-state index in [1.54, 1.807) is 88.0 Å². The molecule has 0 atom stereocenters. The highest BCUT2D eigenvalue weighted by atomic mass is 19.2. The number of hydrogen-bond acceptors (Lipinski definition) is 10. The number of ether oxygens (including phenoxy) is 4. The fraction of sp³-hybridized carbons (Fsp3) is 0.821. The molecule has 0 saturated carbocycles. The summed E-state index contributed by atoms with van der Waals surface area (Å²) in [5.41, 5.74) is -2.97. The SMILES string of the molecule is CC(C)(C)OC(=O)N=C(NC(=O)OC(C)(C)C)N(F)CCCCCCCCNC(=O)CC(=O)NCCCCN(CCCNC(=O)OC(C)(C)C)C(=O)OC(C)(C)C. The summed E-state index contributed by atoms with van der Waals surface area (Å²) in [7, 11) is 0. The van der Waals surface area contributed by atoms with Crippen molar-refractivity contribution in [1.29, 1.82) is 0 Å². The van der Waals surface area contributed by atoms with Gasteiger partial charge in [-0.25, -0.2) is 19.2 Å². The number of alkyl carbamates (subject to hydrolysis) is 2. The van der Waals surface area contributed by atoms with Crippen LogP contribution in [0, 0.1) is 0 Å². The molecule has 17 nitrogen and oxygen atoms in total. The summed E-state index contributed by atoms with van der Waals surface area (Å²) in [5, 5.41) is 10.5. The van der Waals surface area contributed by atoms with E-state index in [1.165, 1.54) is 0 Å². The van der Waals surface area contributed by atoms with Gasteiger partial charge in [-0.2, -0.15) is 5.12 Å². The minimum absolute atomic E-state index is 0.128. The number of unbranched alkanes of at least 4 members (excludes halogenated alkanes) is 6. The minimum Gasteiger partial charge on any atom is -0.444 e. The minimum atomic E-state index is -1.05. The van der Waals surface area contributed by atoms with Crippen molar-refractivity contribution >= 4 is 42.1 Å². The second-order valence-electron chi connectivity index (χ2n) is 17.6. The van der Waals surface area contributed by atoms with E-state index in [2.05, 4.69) is 26.3 Å². The summed E-state index contributed by atoms with van der Waals surface area (Å²) in [6.07, 6.45) is 2.62. The zero-order chi connectivity index (χ0) is 43.9. The molecule has 6 amide bonds. The van der Waals surface area contributed by atoms with Crippen LogP contribution in [0.15, 0.2) is 4.99 Å². The zero-order valence-corrected chi connectivity index (χ0v) is 36.6. The van der Waals surface area contributed by atoms with Crippen molar-refractivity contribution in [1.82, 2.24) is 31.3 Å². The van der Waals surface area contributed by atoms with Gasteiger partial charge in [-0.05, 0) is 115 Å². The van der Waals surface area contributed by atoms with E-state index in [4.69, 9.17) is 18.9 Å². The number of amides is 6. The molecule has 0 bridgehead atoms. The van der Waals surface area contributed by atoms with Crippen LogP contribution in [-0.4, -0.2) is 114 Å². The third-order valence-electron chi connectivity index (χ3n) is 6.96. The third-order valence-corrected chi connectivity index (χ3v) is 6.96. The first-order valence-electron chi connectivity index (χ1n) is 19.9. The van der Waals surface area contributed by atoms with Crippen LogP contribution >= 0.6 is 0 Å². The standard InChI is InChI=1S/C39H72FN7O10/c1-36(2,3)54-32(50)43-24-21-26-46(35(53)57-39(10,11)12)25-20-18-23-42-30(49)28-29(48)41-22-17-15-13-14-16-19-27-47(40)31(44-33(51)55-37(4,5)6)45-34(52)56-38(7,8)9/h13-28H2,1-12H3,(H,41,48)(H,42,49)(H,43,50)(H,44,45,51,52). The molecule has 0 spiro atoms. The first-order chi connectivity index (χ1) is 26.2. The second kappa shape index (κ2) is 25.8. The maximum Gasteiger partial charge on any atom is 0.437 e. The number of rotatable bonds is 20. The van der Waals surface area contributed by atoms with E-state index in [-0.39, 0.29) is 24.0 Å². The molecule has 0 aromatic carbocycles. The van der Waals surface area contributed by atoms with Gasteiger partial charge in [-0.15, -0.1) is 4.99 Å². The summed E-state index contributed by atoms with van der Waals surface area (Å²) < 4.78 is 35.9. The van der Waals surface area contributed by atoms with Crippen molar-refractivity contribution in [2.45, 2.75) is 170 Å². The Bertz CT molecular complexity index is 1300. The molecule has 0 aromatic heterocycles. The molecule has 4 N–H and O–H groups in total. The average molecular weight is 818 g/mol. The Morgan fingerprint density at radius 3 is 1.46 bits per heavy atom. The number of hydrogen-bond donors (Lipinski definition) is 4. The Kier molecular flexibility index (Phi) is 23.8. The summed E-state index contributed by atoms with van der Waals surface area (Å²) in [4.78, 5) is 78.7. The predicted molar refractivity (Wildman–Crippen MR) is 215 cm³/mol. The van der Waals surface area contributed by atoms with E-state index in [0.29, 0.717) is 71.2 Å². The molecule has 0 heterocycles. The fourth-order valence-corrected chi connectivity index (χ4v) is 4.65. The normalized spacial score (nSPS) is 12.2. The smallest absolute Gasteiger partial charge is 0.437 e. The Morgan fingerprint density at radius 1 is 0.509 bits per heavy atom. The van der Waals surface area contributed by atoms with Crippen LogP contribution in [0.1, 0.15) is 147 Å². The predicted octanol–water partition coefficient (Wildman–Crippen LogP) is 6.88. The Balaban J connectivity index is 4.41. The summed E-state index contributed by atoms with van der Waals surface area (Å²) >= 11 is 0. The average Bonchev–Trinajstić information content (AvgIpc) is 3.00. The number of halogens is 1. The van der Waals surface area contributed by atoms with Crippen LogP contribution in [0.2, 0.25) is 0 Å². The van der Waals surface area contributed by atoms with Gasteiger partial charge in [0.15, 0.2) is 0 Å². The molecule has 0 aliphatic heterocycles. The molecule has 0 aliphatic rings. The molecular weight excluding hydrogens is 745 g/mol. The largest absolute Gasteiger partial charge is 0.444 e. The van der Waals surface area contributed by atoms with Crippen molar-refractivity contribution in [3.63, 3.8) is 0 Å². The number of nitrogens with zero attached hydrogens (tertiary/aromatic N) is 3. The van der Waals surface area contributed by atoms with Gasteiger partial charge in [-0.3, -0.25) is 14.9 Å². The first kappa shape index (κ1) is 52.6. The Morgan fingerprint density at radius 2 is 0.930 bits per heavy atom. The van der Waals surface area contributed by atoms with Gasteiger partial charge in [0.25, 0.3) is 0 Å². The number of carbonyl (C=O) groups is 6. The van der Waals surface area contributed by atoms with Crippen molar-refractivity contribution in [2.24, 2.45) is 4.99 Å². The molecule has 0 rings (SSSR count). The molecule has 330 valence electrons. The number of carbonyl (C=O) groups excluding carboxylic acids is 6. The highest BCUT2D eigenvalue weighted by Gasteiger charge is 2.24. The molecule has 0 aromatic rings. The van der Waals surface area contributed by atoms with E-state index < -0.39 is 58.6 Å². The van der Waals surface area contributed by atoms with E-state index in [9.17, 15) is 33.2 Å². The monoisotopic (exact) mass is 818 g/mol. The summed E-state index contributed by atoms with van der Waals surface area (Å²) in [5.74, 6) is -1.40. The highest BCUT2D eigenvalue weighted by Crippen LogP contribution is 2.13. The van der Waals surface area contributed by atoms with E-state index in [0.717, 1.165) is 19.3 Å². The molecule has 0 aliphatic carbocycles. The molecule has 57 heavy (non-hydrogen) atoms. The molecule has 0 fully saturated rings. The second-order valence-corrected chi connectivity index (χ2v) is 17.6. The van der Waals surface area contributed by atoms with E-state index in [1.807, 2.05) is 0 Å². The Labute approximate surface area is 339 Å². The van der Waals surface area contributed by atoms with Gasteiger partial charge in [-0.1, -0.05) is 30.2 Å². The molecular formula is C39H72FN7O10. The summed E-state index contributed by atoms with van der Waals surface area (Å²) in [6.45, 7) is 22.3. The number of nitrogens with one attached hydrogen (secondary N) is 4. The number of aliphatic imine (C=N–C) groups is 1. The quantitative estimate of drug-likeness (QED) is 0.0249. The lowest BCUT2D eigenvalue weighted by molar-refractivity contribution is -0.129. The van der Waals surface area contributed by atoms with Crippen LogP contribution in [0.4, 0.5) is 23.7 Å². The van der Waals surface area contributed by atoms with Crippen LogP contribution in [0.25, 0.3) is 0 Å². The zero-order valence-electron chi connectivity index (χ0n) is 36.6. The lowest BCUT2D eigenvalue weighted by atomic mass is 10.1. The van der Waals surface area contributed by atoms with Crippen molar-refractivity contribution < 1.29 is 52.2 Å². The van der Waals surface area contributed by atoms with Crippen molar-refractivity contribution in [3.05, 3.63) is 0 Å². The Hall–Kier alpha value is -4.38. The molecule has 0 saturated heterocycles. The van der Waals surface area contributed by atoms with Crippen LogP contribution in [0.3, 0.4) is 0 Å². The number of guanidine groups is 1. The lowest BCUT2D eigenvalue weighted by Crippen LogP contribution is -2.43. The maximum absolute atomic E-state index is 14.9. The van der Waals surface area contributed by atoms with E-state index >= 15 is 0 Å². The van der Waals surface area contributed by atoms with Gasteiger partial charge in [0.1, 0.15) is 28.8 Å². The van der Waals surface area contributed by atoms with Gasteiger partial charge in [0.2, 0.25) is 17.8 Å². The first-order valence-corrected chi connectivity index (χ1v) is 19.9. The summed E-state index contributed by atoms with van der Waals surface area (Å²) in [6, 6.07) is 0.